The minimum atomic E-state index is -1.02. The van der Waals surface area contributed by atoms with Crippen molar-refractivity contribution in [2.24, 2.45) is 0 Å². The Balaban J connectivity index is 0.872. The van der Waals surface area contributed by atoms with E-state index >= 15 is 0 Å². The summed E-state index contributed by atoms with van der Waals surface area (Å²) in [6, 6.07) is 21.3. The molecule has 5 amide bonds. The number of hydrogen-bond acceptors (Lipinski definition) is 11. The number of thioether (sulfide) groups is 1. The highest BCUT2D eigenvalue weighted by molar-refractivity contribution is 7.99. The van der Waals surface area contributed by atoms with Gasteiger partial charge in [-0.3, -0.25) is 34.2 Å². The first-order chi connectivity index (χ1) is 26.3. The number of carbonyl (C=O) groups excluding carboxylic acids is 5. The Morgan fingerprint density at radius 2 is 1.65 bits per heavy atom. The van der Waals surface area contributed by atoms with Crippen LogP contribution in [0.5, 0.6) is 11.5 Å². The zero-order valence-electron chi connectivity index (χ0n) is 29.1. The number of para-hydroxylation sites is 1. The number of hydrogen-bond donors (Lipinski definition) is 2. The van der Waals surface area contributed by atoms with Crippen molar-refractivity contribution in [3.63, 3.8) is 0 Å². The number of nitrogens with two attached hydrogens (primary N) is 1. The van der Waals surface area contributed by atoms with Crippen molar-refractivity contribution in [1.29, 1.82) is 0 Å². The highest BCUT2D eigenvalue weighted by atomic mass is 32.2. The van der Waals surface area contributed by atoms with E-state index in [2.05, 4.69) is 15.3 Å². The maximum Gasteiger partial charge on any atom is 0.263 e. The van der Waals surface area contributed by atoms with E-state index in [4.69, 9.17) is 15.6 Å². The third-order valence-corrected chi connectivity index (χ3v) is 11.2. The van der Waals surface area contributed by atoms with Crippen LogP contribution in [-0.2, 0) is 14.4 Å². The van der Waals surface area contributed by atoms with Crippen LogP contribution in [0.15, 0.2) is 84.0 Å². The molecule has 0 saturated carbocycles. The van der Waals surface area contributed by atoms with E-state index in [-0.39, 0.29) is 35.9 Å². The number of aromatic nitrogens is 4. The third kappa shape index (κ3) is 6.66. The molecule has 0 bridgehead atoms. The molecule has 1 unspecified atom stereocenters. The number of nitrogen functional groups attached to an aromatic ring is 1. The molecule has 15 heteroatoms. The molecule has 2 saturated heterocycles. The molecule has 5 heterocycles. The molecular formula is C39H36N8O6S. The van der Waals surface area contributed by atoms with Crippen molar-refractivity contribution in [3.05, 3.63) is 90.3 Å². The first-order valence-corrected chi connectivity index (χ1v) is 18.8. The monoisotopic (exact) mass is 744 g/mol. The second-order valence-corrected chi connectivity index (χ2v) is 14.5. The Morgan fingerprint density at radius 3 is 2.41 bits per heavy atom. The second kappa shape index (κ2) is 14.7. The average molecular weight is 745 g/mol. The Morgan fingerprint density at radius 1 is 0.889 bits per heavy atom. The number of ether oxygens (including phenoxy) is 1. The summed E-state index contributed by atoms with van der Waals surface area (Å²) in [5.74, 6) is 0.261. The van der Waals surface area contributed by atoms with Gasteiger partial charge in [-0.15, -0.1) is 11.8 Å². The van der Waals surface area contributed by atoms with Crippen LogP contribution in [0, 0.1) is 0 Å². The third-order valence-electron chi connectivity index (χ3n) is 10.0. The summed E-state index contributed by atoms with van der Waals surface area (Å²) in [4.78, 5) is 76.2. The molecule has 8 rings (SSSR count). The molecule has 3 aliphatic rings. The number of piperidine rings is 2. The molecule has 14 nitrogen and oxygen atoms in total. The molecule has 3 aromatic carbocycles. The number of imide groups is 2. The fourth-order valence-electron chi connectivity index (χ4n) is 7.29. The summed E-state index contributed by atoms with van der Waals surface area (Å²) in [6.07, 6.45) is 3.90. The van der Waals surface area contributed by atoms with E-state index < -0.39 is 29.7 Å². The van der Waals surface area contributed by atoms with Gasteiger partial charge in [-0.25, -0.2) is 14.6 Å². The van der Waals surface area contributed by atoms with Crippen molar-refractivity contribution in [1.82, 2.24) is 34.9 Å². The van der Waals surface area contributed by atoms with Crippen LogP contribution in [-0.4, -0.2) is 84.0 Å². The molecule has 0 spiro atoms. The lowest BCUT2D eigenvalue weighted by atomic mass is 10.0. The highest BCUT2D eigenvalue weighted by Gasteiger charge is 2.45. The van der Waals surface area contributed by atoms with Gasteiger partial charge < -0.3 is 15.4 Å². The van der Waals surface area contributed by atoms with E-state index in [9.17, 15) is 24.0 Å². The first kappa shape index (κ1) is 35.0. The molecular weight excluding hydrogens is 709 g/mol. The summed E-state index contributed by atoms with van der Waals surface area (Å²) in [5, 5.41) is 7.90. The lowest BCUT2D eigenvalue weighted by Gasteiger charge is -2.32. The number of fused-ring (bicyclic) bond motifs is 2. The van der Waals surface area contributed by atoms with Crippen molar-refractivity contribution in [3.8, 4) is 22.8 Å². The smallest absolute Gasteiger partial charge is 0.263 e. The molecule has 54 heavy (non-hydrogen) atoms. The zero-order valence-corrected chi connectivity index (χ0v) is 30.0. The fourth-order valence-corrected chi connectivity index (χ4v) is 8.31. The van der Waals surface area contributed by atoms with Crippen LogP contribution in [0.3, 0.4) is 0 Å². The number of nitrogens with one attached hydrogen (secondary N) is 1. The minimum absolute atomic E-state index is 0.0102. The number of rotatable bonds is 10. The fraction of sp³-hybridized carbons (Fsp3) is 0.282. The largest absolute Gasteiger partial charge is 0.457 e. The standard InChI is InChI=1S/C39H36N8O6S/c40-35-33-34(23-11-13-26(14-12-23)53-25-6-2-1-3-7-25)44-47(36(33)42-22-41-35)24-17-19-45(20-18-24)31(49)10-5-21-54-29-9-4-8-27-32(29)39(52)46(38(27)51)28-15-16-30(48)43-37(28)50/h1-4,6-9,11-14,22,24,28H,5,10,15-21H2,(H2,40,41,42)(H,43,48,50). The predicted molar refractivity (Wildman–Crippen MR) is 200 cm³/mol. The molecule has 0 radical (unpaired) electrons. The van der Waals surface area contributed by atoms with Gasteiger partial charge in [-0.05, 0) is 80.0 Å². The number of carbonyl (C=O) groups is 5. The van der Waals surface area contributed by atoms with E-state index in [0.29, 0.717) is 77.7 Å². The molecule has 3 N–H and O–H groups in total. The van der Waals surface area contributed by atoms with Gasteiger partial charge in [0.2, 0.25) is 17.7 Å². The van der Waals surface area contributed by atoms with Gasteiger partial charge in [0.05, 0.1) is 22.6 Å². The van der Waals surface area contributed by atoms with Crippen LogP contribution in [0.2, 0.25) is 0 Å². The Kier molecular flexibility index (Phi) is 9.54. The van der Waals surface area contributed by atoms with Gasteiger partial charge in [0.25, 0.3) is 11.8 Å². The van der Waals surface area contributed by atoms with Gasteiger partial charge >= 0.3 is 0 Å². The summed E-state index contributed by atoms with van der Waals surface area (Å²) >= 11 is 1.41. The second-order valence-electron chi connectivity index (χ2n) is 13.4. The Bertz CT molecular complexity index is 2290. The quantitative estimate of drug-likeness (QED) is 0.111. The van der Waals surface area contributed by atoms with Crippen LogP contribution >= 0.6 is 11.8 Å². The van der Waals surface area contributed by atoms with Crippen molar-refractivity contribution >= 4 is 58.1 Å². The number of anilines is 1. The van der Waals surface area contributed by atoms with Gasteiger partial charge in [0, 0.05) is 36.4 Å². The van der Waals surface area contributed by atoms with Gasteiger partial charge in [-0.1, -0.05) is 24.3 Å². The minimum Gasteiger partial charge on any atom is -0.457 e. The maximum absolute atomic E-state index is 13.4. The van der Waals surface area contributed by atoms with Gasteiger partial charge in [0.15, 0.2) is 5.65 Å². The Hall–Kier alpha value is -6.09. The lowest BCUT2D eigenvalue weighted by Crippen LogP contribution is -2.54. The average Bonchev–Trinajstić information content (AvgIpc) is 3.70. The normalized spacial score (nSPS) is 17.6. The van der Waals surface area contributed by atoms with E-state index in [1.807, 2.05) is 64.2 Å². The predicted octanol–water partition coefficient (Wildman–Crippen LogP) is 5.01. The van der Waals surface area contributed by atoms with E-state index in [0.717, 1.165) is 16.2 Å². The molecule has 274 valence electrons. The summed E-state index contributed by atoms with van der Waals surface area (Å²) in [6.45, 7) is 1.14. The summed E-state index contributed by atoms with van der Waals surface area (Å²) in [5.41, 5.74) is 9.07. The summed E-state index contributed by atoms with van der Waals surface area (Å²) in [7, 11) is 0. The molecule has 2 fully saturated rings. The van der Waals surface area contributed by atoms with Crippen LogP contribution in [0.25, 0.3) is 22.3 Å². The van der Waals surface area contributed by atoms with Gasteiger partial charge in [-0.2, -0.15) is 5.10 Å². The maximum atomic E-state index is 13.4. The highest BCUT2D eigenvalue weighted by Crippen LogP contribution is 2.37. The van der Waals surface area contributed by atoms with Crippen molar-refractivity contribution < 1.29 is 28.7 Å². The van der Waals surface area contributed by atoms with Crippen LogP contribution in [0.4, 0.5) is 5.82 Å². The number of amides is 5. The Labute approximate surface area is 314 Å². The molecule has 2 aromatic heterocycles. The van der Waals surface area contributed by atoms with Gasteiger partial charge in [0.1, 0.15) is 35.4 Å². The van der Waals surface area contributed by atoms with Crippen molar-refractivity contribution in [2.75, 3.05) is 24.6 Å². The molecule has 5 aromatic rings. The van der Waals surface area contributed by atoms with E-state index in [1.165, 1.54) is 18.1 Å². The summed E-state index contributed by atoms with van der Waals surface area (Å²) < 4.78 is 7.88. The molecule has 3 aliphatic heterocycles. The number of nitrogens with zero attached hydrogens (tertiary/aromatic N) is 6. The number of benzene rings is 3. The van der Waals surface area contributed by atoms with Crippen LogP contribution in [0.1, 0.15) is 65.3 Å². The molecule has 1 atom stereocenters. The lowest BCUT2D eigenvalue weighted by molar-refractivity contribution is -0.136. The van der Waals surface area contributed by atoms with E-state index in [1.54, 1.807) is 18.2 Å². The SMILES string of the molecule is Nc1ncnc2c1c(-c1ccc(Oc3ccccc3)cc1)nn2C1CCN(C(=O)CCCSc2cccc3c2C(=O)N(C2CCC(=O)NC2=O)C3=O)CC1. The zero-order chi connectivity index (χ0) is 37.3. The van der Waals surface area contributed by atoms with Crippen molar-refractivity contribution in [2.45, 2.75) is 55.5 Å². The number of likely N-dealkylation sites (tertiary alicyclic amines) is 1. The molecule has 0 aliphatic carbocycles. The van der Waals surface area contributed by atoms with Crippen LogP contribution < -0.4 is 15.8 Å². The topological polar surface area (TPSA) is 183 Å². The first-order valence-electron chi connectivity index (χ1n) is 17.8.